The third-order valence-electron chi connectivity index (χ3n) is 4.92. The number of primary sulfonamides is 1. The monoisotopic (exact) mass is 353 g/mol. The van der Waals surface area contributed by atoms with Crippen molar-refractivity contribution in [3.63, 3.8) is 0 Å². The summed E-state index contributed by atoms with van der Waals surface area (Å²) in [6.45, 7) is 0.0288. The van der Waals surface area contributed by atoms with Gasteiger partial charge in [0.2, 0.25) is 10.0 Å². The summed E-state index contributed by atoms with van der Waals surface area (Å²) in [4.78, 5) is 0.119. The summed E-state index contributed by atoms with van der Waals surface area (Å²) in [6.07, 6.45) is 6.88. The summed E-state index contributed by atoms with van der Waals surface area (Å²) in [5.74, 6) is 0. The van der Waals surface area contributed by atoms with Crippen LogP contribution < -0.4 is 5.14 Å². The number of rotatable bonds is 4. The van der Waals surface area contributed by atoms with Gasteiger partial charge in [0.15, 0.2) is 0 Å². The molecule has 0 aliphatic heterocycles. The SMILES string of the molecule is NS(=O)(=O)c1ccc(C2=CC3(C=C2c2ccc(CO)cc2)CC3)cc1. The number of nitrogens with two attached hydrogens (primary N) is 1. The second kappa shape index (κ2) is 5.66. The Morgan fingerprint density at radius 1 is 0.880 bits per heavy atom. The average Bonchev–Trinajstić information content (AvgIpc) is 3.25. The van der Waals surface area contributed by atoms with E-state index in [9.17, 15) is 13.5 Å². The first-order valence-corrected chi connectivity index (χ1v) is 9.74. The maximum Gasteiger partial charge on any atom is 0.238 e. The molecule has 2 aromatic carbocycles. The van der Waals surface area contributed by atoms with Gasteiger partial charge in [-0.2, -0.15) is 0 Å². The van der Waals surface area contributed by atoms with Crippen LogP contribution in [0.2, 0.25) is 0 Å². The molecule has 4 nitrogen and oxygen atoms in total. The number of sulfonamides is 1. The van der Waals surface area contributed by atoms with E-state index in [0.717, 1.165) is 40.7 Å². The fourth-order valence-electron chi connectivity index (χ4n) is 3.30. The Morgan fingerprint density at radius 3 is 1.76 bits per heavy atom. The summed E-state index contributed by atoms with van der Waals surface area (Å²) >= 11 is 0. The largest absolute Gasteiger partial charge is 0.392 e. The maximum atomic E-state index is 11.5. The molecule has 0 heterocycles. The molecule has 128 valence electrons. The first-order chi connectivity index (χ1) is 11.9. The molecule has 1 saturated carbocycles. The van der Waals surface area contributed by atoms with E-state index in [-0.39, 0.29) is 16.9 Å². The van der Waals surface area contributed by atoms with Crippen molar-refractivity contribution in [2.45, 2.75) is 24.3 Å². The second-order valence-corrected chi connectivity index (χ2v) is 8.34. The van der Waals surface area contributed by atoms with Gasteiger partial charge in [0.25, 0.3) is 0 Å². The molecule has 0 bridgehead atoms. The zero-order valence-corrected chi connectivity index (χ0v) is 14.5. The van der Waals surface area contributed by atoms with E-state index in [1.807, 2.05) is 36.4 Å². The summed E-state index contributed by atoms with van der Waals surface area (Å²) in [5.41, 5.74) is 5.39. The van der Waals surface area contributed by atoms with E-state index in [1.165, 1.54) is 0 Å². The van der Waals surface area contributed by atoms with E-state index in [2.05, 4.69) is 12.2 Å². The lowest BCUT2D eigenvalue weighted by atomic mass is 9.94. The van der Waals surface area contributed by atoms with Crippen molar-refractivity contribution in [1.82, 2.24) is 0 Å². The van der Waals surface area contributed by atoms with Gasteiger partial charge in [-0.3, -0.25) is 0 Å². The Bertz CT molecular complexity index is 980. The van der Waals surface area contributed by atoms with Crippen LogP contribution in [-0.4, -0.2) is 13.5 Å². The topological polar surface area (TPSA) is 80.4 Å². The van der Waals surface area contributed by atoms with E-state index in [1.54, 1.807) is 12.1 Å². The molecule has 4 rings (SSSR count). The highest BCUT2D eigenvalue weighted by molar-refractivity contribution is 7.89. The van der Waals surface area contributed by atoms with Gasteiger partial charge in [0, 0.05) is 5.41 Å². The Balaban J connectivity index is 1.73. The van der Waals surface area contributed by atoms with Gasteiger partial charge in [0.05, 0.1) is 11.5 Å². The van der Waals surface area contributed by atoms with Gasteiger partial charge >= 0.3 is 0 Å². The van der Waals surface area contributed by atoms with Crippen molar-refractivity contribution in [3.8, 4) is 0 Å². The third kappa shape index (κ3) is 3.06. The van der Waals surface area contributed by atoms with Gasteiger partial charge in [-0.25, -0.2) is 13.6 Å². The van der Waals surface area contributed by atoms with Crippen LogP contribution in [0.25, 0.3) is 11.1 Å². The zero-order valence-electron chi connectivity index (χ0n) is 13.6. The minimum atomic E-state index is -3.68. The molecule has 1 fully saturated rings. The molecule has 1 spiro atoms. The summed E-state index contributed by atoms with van der Waals surface area (Å²) in [6, 6.07) is 14.6. The van der Waals surface area contributed by atoms with E-state index in [0.29, 0.717) is 0 Å². The number of allylic oxidation sites excluding steroid dienone is 4. The quantitative estimate of drug-likeness (QED) is 0.886. The first-order valence-electron chi connectivity index (χ1n) is 8.20. The first kappa shape index (κ1) is 16.3. The predicted molar refractivity (Wildman–Crippen MR) is 97.8 cm³/mol. The lowest BCUT2D eigenvalue weighted by molar-refractivity contribution is 0.282. The van der Waals surface area contributed by atoms with E-state index >= 15 is 0 Å². The van der Waals surface area contributed by atoms with Gasteiger partial charge < -0.3 is 5.11 Å². The molecule has 2 aliphatic rings. The molecule has 0 atom stereocenters. The van der Waals surface area contributed by atoms with Gasteiger partial charge in [-0.05, 0) is 52.8 Å². The highest BCUT2D eigenvalue weighted by Gasteiger charge is 2.43. The minimum Gasteiger partial charge on any atom is -0.392 e. The number of aliphatic hydroxyl groups excluding tert-OH is 1. The summed E-state index contributed by atoms with van der Waals surface area (Å²) in [7, 11) is -3.68. The molecule has 0 amide bonds. The fraction of sp³-hybridized carbons (Fsp3) is 0.200. The molecule has 0 unspecified atom stereocenters. The van der Waals surface area contributed by atoms with Crippen molar-refractivity contribution in [3.05, 3.63) is 77.4 Å². The predicted octanol–water partition coefficient (Wildman–Crippen LogP) is 3.09. The van der Waals surface area contributed by atoms with Crippen LogP contribution in [0.5, 0.6) is 0 Å². The summed E-state index contributed by atoms with van der Waals surface area (Å²) in [5, 5.41) is 14.4. The molecular weight excluding hydrogens is 334 g/mol. The maximum absolute atomic E-state index is 11.5. The van der Waals surface area contributed by atoms with E-state index < -0.39 is 10.0 Å². The van der Waals surface area contributed by atoms with Crippen LogP contribution in [0.15, 0.2) is 65.6 Å². The number of hydrogen-bond acceptors (Lipinski definition) is 3. The number of hydrogen-bond donors (Lipinski definition) is 2. The van der Waals surface area contributed by atoms with Crippen LogP contribution in [0.3, 0.4) is 0 Å². The molecule has 0 saturated heterocycles. The van der Waals surface area contributed by atoms with Crippen molar-refractivity contribution < 1.29 is 13.5 Å². The molecule has 25 heavy (non-hydrogen) atoms. The Labute approximate surface area is 147 Å². The molecule has 3 N–H and O–H groups in total. The molecule has 0 radical (unpaired) electrons. The minimum absolute atomic E-state index is 0.0288. The lowest BCUT2D eigenvalue weighted by Gasteiger charge is -2.11. The number of aliphatic hydroxyl groups is 1. The molecule has 5 heteroatoms. The molecule has 0 aromatic heterocycles. The second-order valence-electron chi connectivity index (χ2n) is 6.77. The Morgan fingerprint density at radius 2 is 1.36 bits per heavy atom. The van der Waals surface area contributed by atoms with Crippen LogP contribution in [0, 0.1) is 5.41 Å². The van der Waals surface area contributed by atoms with E-state index in [4.69, 9.17) is 5.14 Å². The van der Waals surface area contributed by atoms with Gasteiger partial charge in [-0.1, -0.05) is 48.6 Å². The van der Waals surface area contributed by atoms with Crippen LogP contribution in [-0.2, 0) is 16.6 Å². The zero-order chi connectivity index (χ0) is 17.7. The lowest BCUT2D eigenvalue weighted by Crippen LogP contribution is -2.11. The van der Waals surface area contributed by atoms with Crippen molar-refractivity contribution in [1.29, 1.82) is 0 Å². The van der Waals surface area contributed by atoms with Gasteiger partial charge in [0.1, 0.15) is 0 Å². The smallest absolute Gasteiger partial charge is 0.238 e. The summed E-state index contributed by atoms with van der Waals surface area (Å²) < 4.78 is 22.9. The standard InChI is InChI=1S/C20H19NO3S/c21-25(23,24)17-7-5-16(6-8-17)19-12-20(9-10-20)11-18(19)15-3-1-14(13-22)2-4-15/h1-8,11-12,22H,9-10,13H2,(H2,21,23,24). The van der Waals surface area contributed by atoms with Gasteiger partial charge in [-0.15, -0.1) is 0 Å². The highest BCUT2D eigenvalue weighted by Crippen LogP contribution is 2.57. The van der Waals surface area contributed by atoms with Crippen molar-refractivity contribution >= 4 is 21.2 Å². The van der Waals surface area contributed by atoms with Crippen LogP contribution in [0.1, 0.15) is 29.5 Å². The fourth-order valence-corrected chi connectivity index (χ4v) is 3.81. The molecule has 2 aliphatic carbocycles. The van der Waals surface area contributed by atoms with Crippen LogP contribution >= 0.6 is 0 Å². The van der Waals surface area contributed by atoms with Crippen molar-refractivity contribution in [2.24, 2.45) is 10.6 Å². The Hall–Kier alpha value is -2.21. The number of benzene rings is 2. The average molecular weight is 353 g/mol. The normalized spacial score (nSPS) is 18.2. The molecule has 2 aromatic rings. The third-order valence-corrected chi connectivity index (χ3v) is 5.85. The Kier molecular flexibility index (Phi) is 3.68. The molecular formula is C20H19NO3S. The van der Waals surface area contributed by atoms with Crippen LogP contribution in [0.4, 0.5) is 0 Å². The highest BCUT2D eigenvalue weighted by atomic mass is 32.2. The van der Waals surface area contributed by atoms with Crippen molar-refractivity contribution in [2.75, 3.05) is 0 Å².